The number of esters is 1. The van der Waals surface area contributed by atoms with Gasteiger partial charge >= 0.3 is 5.97 Å². The first-order valence-electron chi connectivity index (χ1n) is 8.10. The number of carbonyl (C=O) groups excluding carboxylic acids is 2. The Hall–Kier alpha value is -1.10. The molecule has 1 amide bonds. The van der Waals surface area contributed by atoms with Crippen LogP contribution in [0.1, 0.15) is 39.5 Å². The maximum absolute atomic E-state index is 12.2. The van der Waals surface area contributed by atoms with Crippen molar-refractivity contribution in [2.45, 2.75) is 45.6 Å². The van der Waals surface area contributed by atoms with Gasteiger partial charge < -0.3 is 10.1 Å². The first kappa shape index (κ1) is 16.3. The maximum Gasteiger partial charge on any atom is 0.310 e. The molecule has 5 nitrogen and oxygen atoms in total. The van der Waals surface area contributed by atoms with Crippen molar-refractivity contribution >= 4 is 11.9 Å². The van der Waals surface area contributed by atoms with Crippen LogP contribution < -0.4 is 5.32 Å². The van der Waals surface area contributed by atoms with Gasteiger partial charge in [0, 0.05) is 12.6 Å². The van der Waals surface area contributed by atoms with Crippen LogP contribution in [0.4, 0.5) is 0 Å². The van der Waals surface area contributed by atoms with Gasteiger partial charge in [0.25, 0.3) is 0 Å². The number of ether oxygens (including phenoxy) is 1. The van der Waals surface area contributed by atoms with Gasteiger partial charge in [-0.2, -0.15) is 0 Å². The van der Waals surface area contributed by atoms with Crippen molar-refractivity contribution in [3.05, 3.63) is 0 Å². The molecule has 1 N–H and O–H groups in total. The summed E-state index contributed by atoms with van der Waals surface area (Å²) in [6.07, 6.45) is 4.34. The predicted molar refractivity (Wildman–Crippen MR) is 80.7 cm³/mol. The number of hydrogen-bond acceptors (Lipinski definition) is 4. The second-order valence-corrected chi connectivity index (χ2v) is 6.69. The zero-order valence-electron chi connectivity index (χ0n) is 13.4. The Morgan fingerprint density at radius 3 is 2.71 bits per heavy atom. The molecule has 0 aromatic heterocycles. The summed E-state index contributed by atoms with van der Waals surface area (Å²) in [7, 11) is 1.42. The van der Waals surface area contributed by atoms with E-state index in [-0.39, 0.29) is 17.8 Å². The third-order valence-electron chi connectivity index (χ3n) is 5.23. The van der Waals surface area contributed by atoms with E-state index in [2.05, 4.69) is 19.2 Å². The van der Waals surface area contributed by atoms with Gasteiger partial charge in [0.1, 0.15) is 0 Å². The highest BCUT2D eigenvalue weighted by Crippen LogP contribution is 2.29. The highest BCUT2D eigenvalue weighted by atomic mass is 16.5. The van der Waals surface area contributed by atoms with Crippen molar-refractivity contribution in [1.29, 1.82) is 0 Å². The van der Waals surface area contributed by atoms with E-state index >= 15 is 0 Å². The number of rotatable bonds is 4. The van der Waals surface area contributed by atoms with Crippen LogP contribution in [0.5, 0.6) is 0 Å². The third-order valence-corrected chi connectivity index (χ3v) is 5.23. The molecule has 0 aromatic rings. The van der Waals surface area contributed by atoms with Crippen molar-refractivity contribution < 1.29 is 14.3 Å². The molecule has 2 aliphatic rings. The van der Waals surface area contributed by atoms with E-state index in [0.717, 1.165) is 19.4 Å². The van der Waals surface area contributed by atoms with Crippen LogP contribution >= 0.6 is 0 Å². The quantitative estimate of drug-likeness (QED) is 0.797. The molecular weight excluding hydrogens is 268 g/mol. The third kappa shape index (κ3) is 4.19. The topological polar surface area (TPSA) is 58.6 Å². The van der Waals surface area contributed by atoms with E-state index < -0.39 is 0 Å². The number of amides is 1. The molecule has 21 heavy (non-hydrogen) atoms. The van der Waals surface area contributed by atoms with Crippen molar-refractivity contribution in [3.63, 3.8) is 0 Å². The fraction of sp³-hybridized carbons (Fsp3) is 0.875. The minimum Gasteiger partial charge on any atom is -0.469 e. The maximum atomic E-state index is 12.2. The van der Waals surface area contributed by atoms with Crippen LogP contribution in [0, 0.1) is 17.8 Å². The van der Waals surface area contributed by atoms with Gasteiger partial charge in [-0.05, 0) is 31.2 Å². The molecule has 1 heterocycles. The van der Waals surface area contributed by atoms with Gasteiger partial charge in [0.15, 0.2) is 0 Å². The van der Waals surface area contributed by atoms with Crippen LogP contribution in [0.3, 0.4) is 0 Å². The van der Waals surface area contributed by atoms with Gasteiger partial charge in [-0.15, -0.1) is 0 Å². The molecular formula is C16H28N2O3. The number of nitrogens with one attached hydrogen (secondary N) is 1. The fourth-order valence-electron chi connectivity index (χ4n) is 3.58. The highest BCUT2D eigenvalue weighted by molar-refractivity contribution is 5.79. The summed E-state index contributed by atoms with van der Waals surface area (Å²) in [4.78, 5) is 25.7. The number of carbonyl (C=O) groups is 2. The zero-order valence-corrected chi connectivity index (χ0v) is 13.4. The lowest BCUT2D eigenvalue weighted by molar-refractivity contribution is -0.145. The summed E-state index contributed by atoms with van der Waals surface area (Å²) < 4.78 is 4.77. The molecule has 2 fully saturated rings. The Labute approximate surface area is 127 Å². The lowest BCUT2D eigenvalue weighted by Crippen LogP contribution is -2.47. The normalized spacial score (nSPS) is 33.7. The molecule has 1 aliphatic carbocycles. The minimum absolute atomic E-state index is 0.0728. The molecule has 0 bridgehead atoms. The van der Waals surface area contributed by atoms with Gasteiger partial charge in [0.2, 0.25) is 5.91 Å². The average molecular weight is 296 g/mol. The molecule has 0 radical (unpaired) electrons. The van der Waals surface area contributed by atoms with Gasteiger partial charge in [-0.25, -0.2) is 0 Å². The highest BCUT2D eigenvalue weighted by Gasteiger charge is 2.32. The number of hydrogen-bond donors (Lipinski definition) is 1. The van der Waals surface area contributed by atoms with Gasteiger partial charge in [0.05, 0.1) is 19.6 Å². The summed E-state index contributed by atoms with van der Waals surface area (Å²) in [6, 6.07) is 0.306. The van der Waals surface area contributed by atoms with E-state index in [0.29, 0.717) is 31.0 Å². The zero-order chi connectivity index (χ0) is 15.4. The molecule has 5 heteroatoms. The summed E-state index contributed by atoms with van der Waals surface area (Å²) in [5.74, 6) is 1.08. The number of methoxy groups -OCH3 is 1. The standard InChI is InChI=1S/C16H28N2O3/c1-11-5-4-6-14(12(11)2)17-15(19)10-18-8-7-13(9-18)16(20)21-3/h11-14H,4-10H2,1-3H3,(H,17,19). The summed E-state index contributed by atoms with van der Waals surface area (Å²) in [6.45, 7) is 6.33. The van der Waals surface area contributed by atoms with E-state index in [1.807, 2.05) is 4.90 Å². The van der Waals surface area contributed by atoms with Crippen molar-refractivity contribution in [1.82, 2.24) is 10.2 Å². The number of likely N-dealkylation sites (tertiary alicyclic amines) is 1. The van der Waals surface area contributed by atoms with Crippen LogP contribution in [-0.2, 0) is 14.3 Å². The molecule has 4 unspecified atom stereocenters. The fourth-order valence-corrected chi connectivity index (χ4v) is 3.58. The Bertz CT molecular complexity index is 386. The Kier molecular flexibility index (Phi) is 5.62. The van der Waals surface area contributed by atoms with Crippen molar-refractivity contribution in [2.24, 2.45) is 17.8 Å². The summed E-state index contributed by atoms with van der Waals surface area (Å²) in [5, 5.41) is 3.19. The van der Waals surface area contributed by atoms with Crippen LogP contribution in [-0.4, -0.2) is 49.6 Å². The second kappa shape index (κ2) is 7.25. The smallest absolute Gasteiger partial charge is 0.310 e. The summed E-state index contributed by atoms with van der Waals surface area (Å²) >= 11 is 0. The molecule has 0 aromatic carbocycles. The molecule has 120 valence electrons. The second-order valence-electron chi connectivity index (χ2n) is 6.69. The Morgan fingerprint density at radius 1 is 1.24 bits per heavy atom. The van der Waals surface area contributed by atoms with E-state index in [4.69, 9.17) is 4.74 Å². The first-order chi connectivity index (χ1) is 10.0. The molecule has 0 spiro atoms. The molecule has 4 atom stereocenters. The average Bonchev–Trinajstić information content (AvgIpc) is 2.91. The monoisotopic (exact) mass is 296 g/mol. The van der Waals surface area contributed by atoms with E-state index in [1.54, 1.807) is 0 Å². The first-order valence-corrected chi connectivity index (χ1v) is 8.10. The Morgan fingerprint density at radius 2 is 2.00 bits per heavy atom. The Balaban J connectivity index is 1.76. The van der Waals surface area contributed by atoms with E-state index in [1.165, 1.54) is 20.0 Å². The predicted octanol–water partition coefficient (Wildman–Crippen LogP) is 1.42. The van der Waals surface area contributed by atoms with Crippen LogP contribution in [0.15, 0.2) is 0 Å². The molecule has 1 saturated carbocycles. The minimum atomic E-state index is -0.160. The van der Waals surface area contributed by atoms with E-state index in [9.17, 15) is 9.59 Å². The molecule has 2 rings (SSSR count). The molecule has 1 saturated heterocycles. The van der Waals surface area contributed by atoms with Crippen LogP contribution in [0.2, 0.25) is 0 Å². The van der Waals surface area contributed by atoms with Crippen molar-refractivity contribution in [2.75, 3.05) is 26.7 Å². The largest absolute Gasteiger partial charge is 0.469 e. The van der Waals surface area contributed by atoms with Gasteiger partial charge in [-0.3, -0.25) is 14.5 Å². The van der Waals surface area contributed by atoms with Gasteiger partial charge in [-0.1, -0.05) is 26.7 Å². The van der Waals surface area contributed by atoms with Crippen molar-refractivity contribution in [3.8, 4) is 0 Å². The lowest BCUT2D eigenvalue weighted by atomic mass is 9.78. The lowest BCUT2D eigenvalue weighted by Gasteiger charge is -2.35. The summed E-state index contributed by atoms with van der Waals surface area (Å²) in [5.41, 5.74) is 0. The number of nitrogens with zero attached hydrogens (tertiary/aromatic N) is 1. The van der Waals surface area contributed by atoms with Crippen LogP contribution in [0.25, 0.3) is 0 Å². The molecule has 1 aliphatic heterocycles. The SMILES string of the molecule is COC(=O)C1CCN(CC(=O)NC2CCCC(C)C2C)C1.